The summed E-state index contributed by atoms with van der Waals surface area (Å²) in [5.41, 5.74) is 4.80. The molecule has 3 aromatic carbocycles. The van der Waals surface area contributed by atoms with E-state index in [1.807, 2.05) is 64.4 Å². The van der Waals surface area contributed by atoms with Gasteiger partial charge in [-0.25, -0.2) is 0 Å². The van der Waals surface area contributed by atoms with Gasteiger partial charge in [0.15, 0.2) is 0 Å². The van der Waals surface area contributed by atoms with E-state index < -0.39 is 0 Å². The van der Waals surface area contributed by atoms with Crippen molar-refractivity contribution in [3.63, 3.8) is 0 Å². The van der Waals surface area contributed by atoms with E-state index in [1.165, 1.54) is 18.4 Å². The molecule has 0 unspecified atom stereocenters. The number of amides is 2. The first kappa shape index (κ1) is 31.7. The Balaban J connectivity index is 1.43. The number of fused-ring (bicyclic) bond motifs is 1. The van der Waals surface area contributed by atoms with Crippen LogP contribution < -0.4 is 9.64 Å². The summed E-state index contributed by atoms with van der Waals surface area (Å²) in [6.07, 6.45) is 4.45. The van der Waals surface area contributed by atoms with Crippen LogP contribution in [0.25, 0.3) is 0 Å². The number of carbonyl (C=O) groups is 2. The minimum atomic E-state index is 0.00929. The van der Waals surface area contributed by atoms with Gasteiger partial charge in [-0.3, -0.25) is 19.4 Å². The van der Waals surface area contributed by atoms with Gasteiger partial charge in [-0.05, 0) is 88.0 Å². The standard InChI is InChI=1S/C37H48N4O3/c1-29(2)39-22-11-23-41(36(42)19-16-30-12-5-4-6-13-30)34-15-8-7-14-32(34)28-40(25-24-39)37(43)31-17-18-35(44-3)33(26-31)27-38-20-9-10-21-38/h4-8,12-15,17-18,26,29H,9-11,16,19-25,27-28H2,1-3H3. The van der Waals surface area contributed by atoms with E-state index in [0.717, 1.165) is 61.7 Å². The molecule has 0 aromatic heterocycles. The molecule has 44 heavy (non-hydrogen) atoms. The van der Waals surface area contributed by atoms with E-state index in [9.17, 15) is 9.59 Å². The molecule has 2 aliphatic rings. The lowest BCUT2D eigenvalue weighted by Crippen LogP contribution is -2.41. The summed E-state index contributed by atoms with van der Waals surface area (Å²) in [5.74, 6) is 0.957. The average Bonchev–Trinajstić information content (AvgIpc) is 3.55. The molecule has 0 N–H and O–H groups in total. The highest BCUT2D eigenvalue weighted by Gasteiger charge is 2.25. The fourth-order valence-corrected chi connectivity index (χ4v) is 6.48. The van der Waals surface area contributed by atoms with Crippen LogP contribution in [0, 0.1) is 0 Å². The number of benzene rings is 3. The van der Waals surface area contributed by atoms with Gasteiger partial charge in [0.25, 0.3) is 5.91 Å². The zero-order valence-corrected chi connectivity index (χ0v) is 26.7. The number of aryl methyl sites for hydroxylation is 1. The van der Waals surface area contributed by atoms with Gasteiger partial charge in [-0.15, -0.1) is 0 Å². The molecule has 7 nitrogen and oxygen atoms in total. The highest BCUT2D eigenvalue weighted by atomic mass is 16.5. The molecule has 1 saturated heterocycles. The van der Waals surface area contributed by atoms with Crippen molar-refractivity contribution in [2.45, 2.75) is 65.1 Å². The number of methoxy groups -OCH3 is 1. The van der Waals surface area contributed by atoms with Crippen LogP contribution in [-0.4, -0.2) is 78.9 Å². The number of anilines is 1. The summed E-state index contributed by atoms with van der Waals surface area (Å²) in [6, 6.07) is 24.5. The predicted molar refractivity (Wildman–Crippen MR) is 177 cm³/mol. The molecular weight excluding hydrogens is 548 g/mol. The van der Waals surface area contributed by atoms with Crippen molar-refractivity contribution in [2.24, 2.45) is 0 Å². The van der Waals surface area contributed by atoms with Crippen LogP contribution >= 0.6 is 0 Å². The van der Waals surface area contributed by atoms with Crippen molar-refractivity contribution >= 4 is 17.5 Å². The Morgan fingerprint density at radius 1 is 0.818 bits per heavy atom. The maximum Gasteiger partial charge on any atom is 0.254 e. The van der Waals surface area contributed by atoms with Crippen molar-refractivity contribution in [1.82, 2.24) is 14.7 Å². The lowest BCUT2D eigenvalue weighted by Gasteiger charge is -2.30. The molecular formula is C37H48N4O3. The van der Waals surface area contributed by atoms with E-state index in [1.54, 1.807) is 7.11 Å². The minimum Gasteiger partial charge on any atom is -0.496 e. The topological polar surface area (TPSA) is 56.3 Å². The molecule has 3 aromatic rings. The SMILES string of the molecule is COc1ccc(C(=O)N2CCN(C(C)C)CCCN(C(=O)CCc3ccccc3)c3ccccc3C2)cc1CN1CCCC1. The second-order valence-corrected chi connectivity index (χ2v) is 12.4. The number of rotatable bonds is 8. The van der Waals surface area contributed by atoms with Crippen LogP contribution in [0.15, 0.2) is 72.8 Å². The molecule has 0 radical (unpaired) electrons. The molecule has 0 atom stereocenters. The zero-order valence-electron chi connectivity index (χ0n) is 26.7. The summed E-state index contributed by atoms with van der Waals surface area (Å²) >= 11 is 0. The first-order valence-electron chi connectivity index (χ1n) is 16.3. The third kappa shape index (κ3) is 8.07. The number of hydrogen-bond acceptors (Lipinski definition) is 5. The van der Waals surface area contributed by atoms with Gasteiger partial charge in [0.05, 0.1) is 7.11 Å². The summed E-state index contributed by atoms with van der Waals surface area (Å²) in [4.78, 5) is 36.8. The highest BCUT2D eigenvalue weighted by molar-refractivity contribution is 5.96. The van der Waals surface area contributed by atoms with E-state index in [-0.39, 0.29) is 11.8 Å². The summed E-state index contributed by atoms with van der Waals surface area (Å²) in [5, 5.41) is 0. The van der Waals surface area contributed by atoms with E-state index >= 15 is 0 Å². The fraction of sp³-hybridized carbons (Fsp3) is 0.459. The monoisotopic (exact) mass is 596 g/mol. The number of likely N-dealkylation sites (tertiary alicyclic amines) is 1. The van der Waals surface area contributed by atoms with Gasteiger partial charge < -0.3 is 14.5 Å². The van der Waals surface area contributed by atoms with Crippen LogP contribution in [0.2, 0.25) is 0 Å². The molecule has 1 fully saturated rings. The first-order chi connectivity index (χ1) is 21.4. The molecule has 2 amide bonds. The zero-order chi connectivity index (χ0) is 30.9. The molecule has 2 heterocycles. The third-order valence-electron chi connectivity index (χ3n) is 9.04. The third-order valence-corrected chi connectivity index (χ3v) is 9.04. The molecule has 7 heteroatoms. The molecule has 234 valence electrons. The second kappa shape index (κ2) is 15.4. The van der Waals surface area contributed by atoms with Gasteiger partial charge in [0.1, 0.15) is 5.75 Å². The number of para-hydroxylation sites is 1. The average molecular weight is 597 g/mol. The van der Waals surface area contributed by atoms with E-state index in [0.29, 0.717) is 44.1 Å². The summed E-state index contributed by atoms with van der Waals surface area (Å²) in [6.45, 7) is 10.7. The Morgan fingerprint density at radius 3 is 2.32 bits per heavy atom. The molecule has 2 aliphatic heterocycles. The molecule has 5 rings (SSSR count). The molecule has 0 spiro atoms. The van der Waals surface area contributed by atoms with Gasteiger partial charge in [-0.1, -0.05) is 48.5 Å². The van der Waals surface area contributed by atoms with Crippen LogP contribution in [0.3, 0.4) is 0 Å². The van der Waals surface area contributed by atoms with Crippen molar-refractivity contribution < 1.29 is 14.3 Å². The number of nitrogens with zero attached hydrogens (tertiary/aromatic N) is 4. The normalized spacial score (nSPS) is 16.9. The lowest BCUT2D eigenvalue weighted by molar-refractivity contribution is -0.118. The van der Waals surface area contributed by atoms with Crippen LogP contribution in [0.5, 0.6) is 5.75 Å². The van der Waals surface area contributed by atoms with Crippen molar-refractivity contribution in [2.75, 3.05) is 51.3 Å². The molecule has 0 bridgehead atoms. The van der Waals surface area contributed by atoms with Gasteiger partial charge in [-0.2, -0.15) is 0 Å². The quantitative estimate of drug-likeness (QED) is 0.319. The van der Waals surface area contributed by atoms with Crippen LogP contribution in [0.1, 0.15) is 66.6 Å². The van der Waals surface area contributed by atoms with Gasteiger partial charge in [0, 0.05) is 68.5 Å². The molecule has 0 aliphatic carbocycles. The highest BCUT2D eigenvalue weighted by Crippen LogP contribution is 2.28. The van der Waals surface area contributed by atoms with Crippen molar-refractivity contribution in [3.8, 4) is 5.75 Å². The minimum absolute atomic E-state index is 0.00929. The van der Waals surface area contributed by atoms with E-state index in [2.05, 4.69) is 41.8 Å². The van der Waals surface area contributed by atoms with Crippen LogP contribution in [0.4, 0.5) is 5.69 Å². The summed E-state index contributed by atoms with van der Waals surface area (Å²) in [7, 11) is 1.70. The Hall–Kier alpha value is -3.68. The maximum absolute atomic E-state index is 14.3. The first-order valence-corrected chi connectivity index (χ1v) is 16.3. The number of ether oxygens (including phenoxy) is 1. The fourth-order valence-electron chi connectivity index (χ4n) is 6.48. The van der Waals surface area contributed by atoms with Gasteiger partial charge in [0.2, 0.25) is 5.91 Å². The predicted octanol–water partition coefficient (Wildman–Crippen LogP) is 6.01. The molecule has 0 saturated carbocycles. The van der Waals surface area contributed by atoms with Crippen molar-refractivity contribution in [1.29, 1.82) is 0 Å². The second-order valence-electron chi connectivity index (χ2n) is 12.4. The Bertz CT molecular complexity index is 1390. The Morgan fingerprint density at radius 2 is 1.57 bits per heavy atom. The van der Waals surface area contributed by atoms with E-state index in [4.69, 9.17) is 4.74 Å². The summed E-state index contributed by atoms with van der Waals surface area (Å²) < 4.78 is 5.69. The van der Waals surface area contributed by atoms with Crippen LogP contribution in [-0.2, 0) is 24.3 Å². The number of hydrogen-bond donors (Lipinski definition) is 0. The number of carbonyl (C=O) groups excluding carboxylic acids is 2. The van der Waals surface area contributed by atoms with Crippen molar-refractivity contribution in [3.05, 3.63) is 95.1 Å². The maximum atomic E-state index is 14.3. The Kier molecular flexibility index (Phi) is 11.1. The largest absolute Gasteiger partial charge is 0.496 e. The van der Waals surface area contributed by atoms with Gasteiger partial charge >= 0.3 is 0 Å². The smallest absolute Gasteiger partial charge is 0.254 e. The Labute approximate surface area is 263 Å². The lowest BCUT2D eigenvalue weighted by atomic mass is 10.1.